The highest BCUT2D eigenvalue weighted by atomic mass is 35.5. The smallest absolute Gasteiger partial charge is 0.0623 e. The Labute approximate surface area is 81.1 Å². The molecule has 1 unspecified atom stereocenters. The van der Waals surface area contributed by atoms with E-state index in [1.54, 1.807) is 0 Å². The van der Waals surface area contributed by atoms with Gasteiger partial charge in [-0.3, -0.25) is 0 Å². The fourth-order valence-electron chi connectivity index (χ4n) is 0.385. The topological polar surface area (TPSA) is 0 Å². The van der Waals surface area contributed by atoms with Crippen LogP contribution >= 0.6 is 32.8 Å². The van der Waals surface area contributed by atoms with Gasteiger partial charge in [0.1, 0.15) is 0 Å². The van der Waals surface area contributed by atoms with Crippen molar-refractivity contribution < 1.29 is 0 Å². The summed E-state index contributed by atoms with van der Waals surface area (Å²) in [5, 5.41) is 0. The summed E-state index contributed by atoms with van der Waals surface area (Å²) in [5.74, 6) is 0. The standard InChI is InChI=1S/C6H6.2ClH.H3PS/c1-2-4-6-5-3-1;;;1-2/h1-6H;2*1H;1H3. The van der Waals surface area contributed by atoms with E-state index in [0.29, 0.717) is 0 Å². The van der Waals surface area contributed by atoms with E-state index in [2.05, 4.69) is 11.8 Å². The second kappa shape index (κ2) is 16.2. The first-order chi connectivity index (χ1) is 4.00. The zero-order valence-corrected chi connectivity index (χ0v) is 9.26. The third-order valence-corrected chi connectivity index (χ3v) is 0.667. The number of hydrogen-bond donors (Lipinski definition) is 0. The Balaban J connectivity index is -0.000000114. The predicted octanol–water partition coefficient (Wildman–Crippen LogP) is 2.59. The molecule has 0 heterocycles. The molecule has 60 valence electrons. The molecule has 0 fully saturated rings. The largest absolute Gasteiger partial charge is 0.147 e. The molecule has 0 amide bonds. The Morgan fingerprint density at radius 2 is 0.700 bits per heavy atom. The average molecular weight is 217 g/mol. The van der Waals surface area contributed by atoms with E-state index in [1.165, 1.54) is 8.02 Å². The summed E-state index contributed by atoms with van der Waals surface area (Å²) in [6.45, 7) is 0. The van der Waals surface area contributed by atoms with Crippen molar-refractivity contribution in [3.8, 4) is 0 Å². The van der Waals surface area contributed by atoms with Crippen LogP contribution in [0, 0.1) is 0 Å². The van der Waals surface area contributed by atoms with Gasteiger partial charge in [0, 0.05) is 0 Å². The molecule has 0 N–H and O–H groups in total. The van der Waals surface area contributed by atoms with Crippen LogP contribution in [0.1, 0.15) is 0 Å². The molecule has 0 saturated heterocycles. The molecule has 0 spiro atoms. The molecule has 1 aromatic rings. The Morgan fingerprint density at radius 1 is 0.600 bits per heavy atom. The van der Waals surface area contributed by atoms with Gasteiger partial charge >= 0.3 is 0 Å². The molecular formula is C6H11Cl2PS. The van der Waals surface area contributed by atoms with Crippen LogP contribution in [0.15, 0.2) is 36.4 Å². The molecule has 4 heteroatoms. The maximum atomic E-state index is 4.11. The van der Waals surface area contributed by atoms with Crippen LogP contribution in [-0.2, 0) is 11.8 Å². The Hall–Kier alpha value is 0.450. The molecule has 1 rings (SSSR count). The number of rotatable bonds is 0. The van der Waals surface area contributed by atoms with Crippen LogP contribution in [0.5, 0.6) is 0 Å². The first-order valence-electron chi connectivity index (χ1n) is 2.29. The SMILES string of the molecule is Cl.Cl.[PH3]=S.c1ccccc1. The highest BCUT2D eigenvalue weighted by molar-refractivity contribution is 7.88. The van der Waals surface area contributed by atoms with E-state index in [-0.39, 0.29) is 24.8 Å². The zero-order valence-electron chi connectivity index (χ0n) is 5.40. The fourth-order valence-corrected chi connectivity index (χ4v) is 0.385. The van der Waals surface area contributed by atoms with E-state index in [9.17, 15) is 0 Å². The fraction of sp³-hybridized carbons (Fsp3) is 0. The number of halogens is 2. The lowest BCUT2D eigenvalue weighted by molar-refractivity contribution is 1.72. The Kier molecular flexibility index (Phi) is 27.3. The molecular weight excluding hydrogens is 206 g/mol. The van der Waals surface area contributed by atoms with Crippen LogP contribution in [0.3, 0.4) is 0 Å². The highest BCUT2D eigenvalue weighted by Crippen LogP contribution is 1.79. The van der Waals surface area contributed by atoms with Gasteiger partial charge in [-0.1, -0.05) is 44.4 Å². The second-order valence-electron chi connectivity index (χ2n) is 1.15. The third-order valence-electron chi connectivity index (χ3n) is 0.667. The van der Waals surface area contributed by atoms with Gasteiger partial charge in [0.25, 0.3) is 0 Å². The van der Waals surface area contributed by atoms with Gasteiger partial charge in [0.05, 0.1) is 0 Å². The van der Waals surface area contributed by atoms with Gasteiger partial charge < -0.3 is 0 Å². The summed E-state index contributed by atoms with van der Waals surface area (Å²) in [6.07, 6.45) is 0. The first-order valence-corrected chi connectivity index (χ1v) is 4.60. The Morgan fingerprint density at radius 3 is 0.800 bits per heavy atom. The predicted molar refractivity (Wildman–Crippen MR) is 59.4 cm³/mol. The molecule has 1 atom stereocenters. The molecule has 0 aliphatic rings. The van der Waals surface area contributed by atoms with Crippen molar-refractivity contribution in [2.24, 2.45) is 0 Å². The van der Waals surface area contributed by atoms with Crippen molar-refractivity contribution in [3.05, 3.63) is 36.4 Å². The normalized spacial score (nSPS) is 5.60. The van der Waals surface area contributed by atoms with Crippen molar-refractivity contribution in [1.29, 1.82) is 0 Å². The lowest BCUT2D eigenvalue weighted by Gasteiger charge is -1.69. The molecule has 0 aromatic heterocycles. The molecule has 1 aromatic carbocycles. The van der Waals surface area contributed by atoms with Crippen molar-refractivity contribution in [2.45, 2.75) is 0 Å². The third kappa shape index (κ3) is 11.3. The quantitative estimate of drug-likeness (QED) is 0.602. The van der Waals surface area contributed by atoms with Gasteiger partial charge in [0.15, 0.2) is 0 Å². The lowest BCUT2D eigenvalue weighted by atomic mass is 10.4. The van der Waals surface area contributed by atoms with Crippen molar-refractivity contribution >= 4 is 44.6 Å². The summed E-state index contributed by atoms with van der Waals surface area (Å²) < 4.78 is 0. The van der Waals surface area contributed by atoms with Gasteiger partial charge in [0.2, 0.25) is 0 Å². The van der Waals surface area contributed by atoms with E-state index in [0.717, 1.165) is 0 Å². The molecule has 0 radical (unpaired) electrons. The zero-order chi connectivity index (χ0) is 6.24. The van der Waals surface area contributed by atoms with E-state index in [1.807, 2.05) is 36.4 Å². The van der Waals surface area contributed by atoms with Crippen LogP contribution in [0.2, 0.25) is 0 Å². The van der Waals surface area contributed by atoms with E-state index in [4.69, 9.17) is 0 Å². The Bertz CT molecular complexity index is 98.6. The minimum atomic E-state index is 0. The molecule has 10 heavy (non-hydrogen) atoms. The van der Waals surface area contributed by atoms with E-state index >= 15 is 0 Å². The number of hydrogen-bond acceptors (Lipinski definition) is 1. The average Bonchev–Trinajstić information content (AvgIpc) is 1.96. The summed E-state index contributed by atoms with van der Waals surface area (Å²) in [7, 11) is 1.44. The summed E-state index contributed by atoms with van der Waals surface area (Å²) in [6, 6.07) is 12.0. The summed E-state index contributed by atoms with van der Waals surface area (Å²) in [4.78, 5) is 0. The van der Waals surface area contributed by atoms with Crippen LogP contribution in [0.4, 0.5) is 0 Å². The van der Waals surface area contributed by atoms with Crippen molar-refractivity contribution in [3.63, 3.8) is 0 Å². The molecule has 0 bridgehead atoms. The first kappa shape index (κ1) is 16.8. The molecule has 0 nitrogen and oxygen atoms in total. The summed E-state index contributed by atoms with van der Waals surface area (Å²) in [5.41, 5.74) is 0. The van der Waals surface area contributed by atoms with Crippen molar-refractivity contribution in [2.75, 3.05) is 0 Å². The maximum Gasteiger partial charge on any atom is -0.0623 e. The monoisotopic (exact) mass is 216 g/mol. The van der Waals surface area contributed by atoms with Gasteiger partial charge in [-0.15, -0.1) is 36.6 Å². The molecule has 0 saturated carbocycles. The van der Waals surface area contributed by atoms with Crippen LogP contribution in [0.25, 0.3) is 0 Å². The summed E-state index contributed by atoms with van der Waals surface area (Å²) >= 11 is 4.11. The lowest BCUT2D eigenvalue weighted by Crippen LogP contribution is -1.47. The van der Waals surface area contributed by atoms with Crippen molar-refractivity contribution in [1.82, 2.24) is 0 Å². The van der Waals surface area contributed by atoms with Crippen LogP contribution in [-0.4, -0.2) is 0 Å². The van der Waals surface area contributed by atoms with Gasteiger partial charge in [-0.25, -0.2) is 0 Å². The maximum absolute atomic E-state index is 4.11. The minimum Gasteiger partial charge on any atom is -0.147 e. The minimum absolute atomic E-state index is 0. The molecule has 0 aliphatic carbocycles. The van der Waals surface area contributed by atoms with E-state index < -0.39 is 0 Å². The van der Waals surface area contributed by atoms with Gasteiger partial charge in [-0.05, 0) is 0 Å². The number of benzene rings is 1. The van der Waals surface area contributed by atoms with Crippen LogP contribution < -0.4 is 0 Å². The highest BCUT2D eigenvalue weighted by Gasteiger charge is 1.57. The van der Waals surface area contributed by atoms with Gasteiger partial charge in [-0.2, -0.15) is 0 Å². The second-order valence-corrected chi connectivity index (χ2v) is 1.15. The molecule has 0 aliphatic heterocycles.